The quantitative estimate of drug-likeness (QED) is 0.124. The minimum absolute atomic E-state index is 0.0373. The van der Waals surface area contributed by atoms with E-state index in [9.17, 15) is 8.78 Å². The summed E-state index contributed by atoms with van der Waals surface area (Å²) in [6.45, 7) is 4.78. The first-order chi connectivity index (χ1) is 20.0. The first kappa shape index (κ1) is 32.8. The van der Waals surface area contributed by atoms with Crippen LogP contribution in [0.2, 0.25) is 0 Å². The molecule has 41 heavy (non-hydrogen) atoms. The summed E-state index contributed by atoms with van der Waals surface area (Å²) < 4.78 is 50.4. The van der Waals surface area contributed by atoms with Crippen molar-refractivity contribution in [2.45, 2.75) is 117 Å². The molecule has 0 aromatic heterocycles. The van der Waals surface area contributed by atoms with E-state index in [-0.39, 0.29) is 16.9 Å². The zero-order chi connectivity index (χ0) is 29.3. The molecule has 224 valence electrons. The maximum absolute atomic E-state index is 15.1. The van der Waals surface area contributed by atoms with Gasteiger partial charge in [0.1, 0.15) is 5.82 Å². The van der Waals surface area contributed by atoms with Crippen molar-refractivity contribution in [2.24, 2.45) is 0 Å². The van der Waals surface area contributed by atoms with Crippen LogP contribution in [-0.4, -0.2) is 6.61 Å². The van der Waals surface area contributed by atoms with Gasteiger partial charge in [-0.05, 0) is 54.2 Å². The topological polar surface area (TPSA) is 9.23 Å². The normalized spacial score (nSPS) is 11.2. The van der Waals surface area contributed by atoms with Crippen LogP contribution in [0.25, 0.3) is 22.3 Å². The molecule has 0 amide bonds. The van der Waals surface area contributed by atoms with Gasteiger partial charge in [-0.2, -0.15) is 4.39 Å². The highest BCUT2D eigenvalue weighted by atomic mass is 19.2. The number of hydrogen-bond acceptors (Lipinski definition) is 1. The van der Waals surface area contributed by atoms with Crippen LogP contribution in [0.5, 0.6) is 5.75 Å². The van der Waals surface area contributed by atoms with Gasteiger partial charge >= 0.3 is 0 Å². The first-order valence-electron chi connectivity index (χ1n) is 16.0. The monoisotopic (exact) mass is 566 g/mol. The van der Waals surface area contributed by atoms with Crippen molar-refractivity contribution in [2.75, 3.05) is 6.61 Å². The van der Waals surface area contributed by atoms with Crippen LogP contribution in [0.15, 0.2) is 54.6 Å². The molecule has 0 heterocycles. The predicted octanol–water partition coefficient (Wildman–Crippen LogP) is 12.3. The Bertz CT molecular complexity index is 1160. The second-order valence-corrected chi connectivity index (χ2v) is 11.3. The lowest BCUT2D eigenvalue weighted by Crippen LogP contribution is -2.02. The average molecular weight is 567 g/mol. The van der Waals surface area contributed by atoms with Crippen LogP contribution in [0, 0.1) is 17.5 Å². The molecular weight excluding hydrogens is 517 g/mol. The Labute approximate surface area is 246 Å². The zero-order valence-electron chi connectivity index (χ0n) is 25.3. The van der Waals surface area contributed by atoms with Crippen molar-refractivity contribution in [1.82, 2.24) is 0 Å². The van der Waals surface area contributed by atoms with E-state index in [4.69, 9.17) is 4.74 Å². The summed E-state index contributed by atoms with van der Waals surface area (Å²) in [5, 5.41) is 0. The molecule has 0 N–H and O–H groups in total. The van der Waals surface area contributed by atoms with Gasteiger partial charge in [-0.15, -0.1) is 0 Å². The summed E-state index contributed by atoms with van der Waals surface area (Å²) >= 11 is 0. The molecule has 3 aromatic rings. The summed E-state index contributed by atoms with van der Waals surface area (Å²) in [4.78, 5) is 0. The molecule has 3 aromatic carbocycles. The van der Waals surface area contributed by atoms with E-state index in [1.165, 1.54) is 107 Å². The van der Waals surface area contributed by atoms with Crippen LogP contribution >= 0.6 is 0 Å². The molecule has 3 rings (SSSR count). The maximum atomic E-state index is 15.1. The summed E-state index contributed by atoms with van der Waals surface area (Å²) in [5.41, 5.74) is 2.82. The van der Waals surface area contributed by atoms with Gasteiger partial charge in [0.25, 0.3) is 0 Å². The van der Waals surface area contributed by atoms with E-state index in [1.54, 1.807) is 6.07 Å². The van der Waals surface area contributed by atoms with E-state index in [0.717, 1.165) is 31.2 Å². The van der Waals surface area contributed by atoms with E-state index >= 15 is 4.39 Å². The number of ether oxygens (including phenoxy) is 1. The highest BCUT2D eigenvalue weighted by molar-refractivity contribution is 5.72. The largest absolute Gasteiger partial charge is 0.490 e. The third kappa shape index (κ3) is 10.9. The van der Waals surface area contributed by atoms with Gasteiger partial charge in [0.2, 0.25) is 5.82 Å². The fraction of sp³-hybridized carbons (Fsp3) is 0.514. The molecule has 0 spiro atoms. The smallest absolute Gasteiger partial charge is 0.201 e. The molecule has 0 aliphatic rings. The fourth-order valence-electron chi connectivity index (χ4n) is 5.33. The third-order valence-corrected chi connectivity index (χ3v) is 7.92. The van der Waals surface area contributed by atoms with Gasteiger partial charge in [0, 0.05) is 11.1 Å². The van der Waals surface area contributed by atoms with E-state index in [2.05, 4.69) is 26.0 Å². The van der Waals surface area contributed by atoms with Gasteiger partial charge in [0.15, 0.2) is 11.6 Å². The van der Waals surface area contributed by atoms with E-state index in [1.807, 2.05) is 12.1 Å². The molecule has 0 aliphatic carbocycles. The van der Waals surface area contributed by atoms with Crippen LogP contribution in [0.1, 0.15) is 116 Å². The SMILES string of the molecule is CCCCCCCCCCOc1ccc(-c2ccc(-c3ccc(CCCCCCCCC)cc3)cc2F)c(F)c1F. The molecule has 4 heteroatoms. The Morgan fingerprint density at radius 2 is 1.05 bits per heavy atom. The molecule has 0 aliphatic heterocycles. The van der Waals surface area contributed by atoms with Crippen LogP contribution in [0.4, 0.5) is 13.2 Å². The Morgan fingerprint density at radius 1 is 0.512 bits per heavy atom. The molecule has 0 unspecified atom stereocenters. The standard InChI is InChI=1S/C37H49F3O/c1-3-5-7-9-11-13-15-17-27-41-35-26-25-33(36(39)37(35)40)32-24-23-31(28-34(32)38)30-21-19-29(20-22-30)18-16-14-12-10-8-6-4-2/h19-26,28H,3-18,27H2,1-2H3. The predicted molar refractivity (Wildman–Crippen MR) is 167 cm³/mol. The van der Waals surface area contributed by atoms with Crippen molar-refractivity contribution in [1.29, 1.82) is 0 Å². The molecule has 0 radical (unpaired) electrons. The van der Waals surface area contributed by atoms with Gasteiger partial charge in [-0.3, -0.25) is 0 Å². The van der Waals surface area contributed by atoms with Crippen LogP contribution in [-0.2, 0) is 6.42 Å². The average Bonchev–Trinajstić information content (AvgIpc) is 2.98. The van der Waals surface area contributed by atoms with Gasteiger partial charge in [-0.25, -0.2) is 8.78 Å². The molecular formula is C37H49F3O. The lowest BCUT2D eigenvalue weighted by atomic mass is 9.97. The number of rotatable bonds is 20. The van der Waals surface area contributed by atoms with Gasteiger partial charge < -0.3 is 4.74 Å². The molecule has 0 saturated carbocycles. The Kier molecular flexibility index (Phi) is 14.9. The zero-order valence-corrected chi connectivity index (χ0v) is 25.3. The molecule has 0 atom stereocenters. The number of unbranched alkanes of at least 4 members (excludes halogenated alkanes) is 13. The van der Waals surface area contributed by atoms with Crippen molar-refractivity contribution in [3.8, 4) is 28.0 Å². The number of hydrogen-bond donors (Lipinski definition) is 0. The molecule has 0 saturated heterocycles. The first-order valence-corrected chi connectivity index (χ1v) is 16.0. The van der Waals surface area contributed by atoms with Crippen LogP contribution < -0.4 is 4.74 Å². The van der Waals surface area contributed by atoms with Crippen LogP contribution in [0.3, 0.4) is 0 Å². The minimum Gasteiger partial charge on any atom is -0.490 e. The van der Waals surface area contributed by atoms with Crippen molar-refractivity contribution >= 4 is 0 Å². The lowest BCUT2D eigenvalue weighted by molar-refractivity contribution is 0.285. The summed E-state index contributed by atoms with van der Waals surface area (Å²) in [6, 6.07) is 15.7. The van der Waals surface area contributed by atoms with Gasteiger partial charge in [0.05, 0.1) is 6.61 Å². The highest BCUT2D eigenvalue weighted by Crippen LogP contribution is 2.33. The van der Waals surface area contributed by atoms with E-state index in [0.29, 0.717) is 12.2 Å². The minimum atomic E-state index is -1.08. The van der Waals surface area contributed by atoms with Crippen molar-refractivity contribution in [3.63, 3.8) is 0 Å². The number of halogens is 3. The highest BCUT2D eigenvalue weighted by Gasteiger charge is 2.18. The Hall–Kier alpha value is -2.75. The fourth-order valence-corrected chi connectivity index (χ4v) is 5.33. The summed E-state index contributed by atoms with van der Waals surface area (Å²) in [5.74, 6) is -2.86. The Morgan fingerprint density at radius 3 is 1.66 bits per heavy atom. The second-order valence-electron chi connectivity index (χ2n) is 11.3. The summed E-state index contributed by atoms with van der Waals surface area (Å²) in [6.07, 6.45) is 19.2. The second kappa shape index (κ2) is 18.6. The molecule has 1 nitrogen and oxygen atoms in total. The number of aryl methyl sites for hydroxylation is 1. The van der Waals surface area contributed by atoms with Gasteiger partial charge in [-0.1, -0.05) is 134 Å². The third-order valence-electron chi connectivity index (χ3n) is 7.92. The Balaban J connectivity index is 1.51. The maximum Gasteiger partial charge on any atom is 0.201 e. The van der Waals surface area contributed by atoms with E-state index < -0.39 is 17.5 Å². The van der Waals surface area contributed by atoms with Crippen molar-refractivity contribution in [3.05, 3.63) is 77.6 Å². The van der Waals surface area contributed by atoms with Crippen molar-refractivity contribution < 1.29 is 17.9 Å². The molecule has 0 fully saturated rings. The lowest BCUT2D eigenvalue weighted by Gasteiger charge is -2.12. The summed E-state index contributed by atoms with van der Waals surface area (Å²) in [7, 11) is 0. The number of benzene rings is 3. The molecule has 0 bridgehead atoms.